The van der Waals surface area contributed by atoms with Gasteiger partial charge >= 0.3 is 0 Å². The van der Waals surface area contributed by atoms with Gasteiger partial charge in [0.1, 0.15) is 11.9 Å². The van der Waals surface area contributed by atoms with Crippen molar-refractivity contribution in [3.63, 3.8) is 0 Å². The van der Waals surface area contributed by atoms with Gasteiger partial charge < -0.3 is 15.3 Å². The number of aromatic hydroxyl groups is 1. The fourth-order valence-electron chi connectivity index (χ4n) is 1.72. The molecule has 0 heterocycles. The number of hydrogen-bond acceptors (Lipinski definition) is 4. The Morgan fingerprint density at radius 1 is 1.21 bits per heavy atom. The summed E-state index contributed by atoms with van der Waals surface area (Å²) in [6.07, 6.45) is -2.11. The fraction of sp³-hybridized carbons (Fsp3) is 0.300. The Morgan fingerprint density at radius 3 is 2.64 bits per heavy atom. The molecular formula is C10H10O4. The molecule has 0 fully saturated rings. The van der Waals surface area contributed by atoms with Crippen LogP contribution in [-0.2, 0) is 0 Å². The third-order valence-corrected chi connectivity index (χ3v) is 2.43. The average Bonchev–Trinajstić information content (AvgIpc) is 2.14. The number of rotatable bonds is 0. The van der Waals surface area contributed by atoms with Crippen molar-refractivity contribution in [2.75, 3.05) is 0 Å². The quantitative estimate of drug-likeness (QED) is 0.557. The van der Waals surface area contributed by atoms with E-state index in [0.717, 1.165) is 0 Å². The van der Waals surface area contributed by atoms with E-state index in [1.807, 2.05) is 0 Å². The van der Waals surface area contributed by atoms with E-state index < -0.39 is 18.0 Å². The van der Waals surface area contributed by atoms with Crippen LogP contribution in [0.2, 0.25) is 0 Å². The van der Waals surface area contributed by atoms with Gasteiger partial charge in [-0.05, 0) is 11.6 Å². The van der Waals surface area contributed by atoms with Gasteiger partial charge in [0.25, 0.3) is 0 Å². The molecule has 74 valence electrons. The molecular weight excluding hydrogens is 184 g/mol. The lowest BCUT2D eigenvalue weighted by molar-refractivity contribution is 0.0480. The van der Waals surface area contributed by atoms with E-state index >= 15 is 0 Å². The van der Waals surface area contributed by atoms with Crippen LogP contribution in [0.1, 0.15) is 28.4 Å². The molecule has 14 heavy (non-hydrogen) atoms. The lowest BCUT2D eigenvalue weighted by Crippen LogP contribution is -2.29. The topological polar surface area (TPSA) is 77.8 Å². The molecule has 0 saturated carbocycles. The second-order valence-electron chi connectivity index (χ2n) is 3.37. The predicted molar refractivity (Wildman–Crippen MR) is 48.0 cm³/mol. The van der Waals surface area contributed by atoms with E-state index in [-0.39, 0.29) is 17.7 Å². The molecule has 0 saturated heterocycles. The summed E-state index contributed by atoms with van der Waals surface area (Å²) in [7, 11) is 0. The van der Waals surface area contributed by atoms with Crippen LogP contribution in [0.4, 0.5) is 0 Å². The molecule has 0 bridgehead atoms. The highest BCUT2D eigenvalue weighted by atomic mass is 16.3. The Morgan fingerprint density at radius 2 is 1.93 bits per heavy atom. The van der Waals surface area contributed by atoms with Crippen LogP contribution in [0, 0.1) is 0 Å². The number of phenols is 1. The SMILES string of the molecule is O=C1c2c(O)cccc2[C@@H](O)C[C@H]1O. The number of aliphatic hydroxyl groups excluding tert-OH is 2. The van der Waals surface area contributed by atoms with Gasteiger partial charge in [-0.2, -0.15) is 0 Å². The monoisotopic (exact) mass is 194 g/mol. The number of carbonyl (C=O) groups excluding carboxylic acids is 1. The average molecular weight is 194 g/mol. The Balaban J connectivity index is 2.62. The zero-order valence-corrected chi connectivity index (χ0v) is 7.34. The van der Waals surface area contributed by atoms with E-state index in [1.165, 1.54) is 6.07 Å². The summed E-state index contributed by atoms with van der Waals surface area (Å²) in [6.45, 7) is 0. The molecule has 2 rings (SSSR count). The summed E-state index contributed by atoms with van der Waals surface area (Å²) in [5, 5.41) is 28.3. The van der Waals surface area contributed by atoms with Crippen molar-refractivity contribution < 1.29 is 20.1 Å². The molecule has 1 aromatic carbocycles. The van der Waals surface area contributed by atoms with Crippen molar-refractivity contribution in [2.45, 2.75) is 18.6 Å². The molecule has 0 aromatic heterocycles. The van der Waals surface area contributed by atoms with Gasteiger partial charge in [-0.3, -0.25) is 4.79 Å². The number of hydrogen-bond donors (Lipinski definition) is 3. The van der Waals surface area contributed by atoms with Crippen LogP contribution in [0.15, 0.2) is 18.2 Å². The summed E-state index contributed by atoms with van der Waals surface area (Å²) in [5.74, 6) is -0.714. The first kappa shape index (κ1) is 9.18. The first-order valence-electron chi connectivity index (χ1n) is 4.33. The predicted octanol–water partition coefficient (Wildman–Crippen LogP) is 0.373. The third-order valence-electron chi connectivity index (χ3n) is 2.43. The second-order valence-corrected chi connectivity index (χ2v) is 3.37. The highest BCUT2D eigenvalue weighted by molar-refractivity contribution is 6.04. The van der Waals surface area contributed by atoms with E-state index in [9.17, 15) is 20.1 Å². The summed E-state index contributed by atoms with van der Waals surface area (Å²) < 4.78 is 0. The number of benzene rings is 1. The van der Waals surface area contributed by atoms with E-state index in [1.54, 1.807) is 12.1 Å². The van der Waals surface area contributed by atoms with Crippen LogP contribution in [0.25, 0.3) is 0 Å². The maximum Gasteiger partial charge on any atom is 0.195 e. The molecule has 1 aliphatic rings. The first-order chi connectivity index (χ1) is 6.61. The maximum absolute atomic E-state index is 11.5. The Labute approximate surface area is 80.4 Å². The summed E-state index contributed by atoms with van der Waals surface area (Å²) in [6, 6.07) is 4.49. The van der Waals surface area contributed by atoms with E-state index in [0.29, 0.717) is 5.56 Å². The molecule has 0 spiro atoms. The zero-order chi connectivity index (χ0) is 10.3. The van der Waals surface area contributed by atoms with Crippen LogP contribution < -0.4 is 0 Å². The van der Waals surface area contributed by atoms with Crippen LogP contribution in [0.5, 0.6) is 5.75 Å². The van der Waals surface area contributed by atoms with Gasteiger partial charge in [-0.15, -0.1) is 0 Å². The zero-order valence-electron chi connectivity index (χ0n) is 7.34. The van der Waals surface area contributed by atoms with E-state index in [4.69, 9.17) is 0 Å². The molecule has 3 N–H and O–H groups in total. The number of Topliss-reactive ketones (excluding diaryl/α,β-unsaturated/α-hetero) is 1. The minimum Gasteiger partial charge on any atom is -0.507 e. The Kier molecular flexibility index (Phi) is 2.02. The molecule has 2 atom stereocenters. The van der Waals surface area contributed by atoms with Crippen molar-refractivity contribution >= 4 is 5.78 Å². The number of fused-ring (bicyclic) bond motifs is 1. The number of aliphatic hydroxyl groups is 2. The summed E-state index contributed by atoms with van der Waals surface area (Å²) >= 11 is 0. The largest absolute Gasteiger partial charge is 0.507 e. The molecule has 1 aromatic rings. The standard InChI is InChI=1S/C10H10O4/c11-6-3-1-2-5-7(12)4-8(13)10(14)9(5)6/h1-3,7-8,11-13H,4H2/t7-,8+/m0/s1. The lowest BCUT2D eigenvalue weighted by atomic mass is 9.86. The highest BCUT2D eigenvalue weighted by Gasteiger charge is 2.33. The number of phenolic OH excluding ortho intramolecular Hbond substituents is 1. The number of carbonyl (C=O) groups is 1. The van der Waals surface area contributed by atoms with Crippen molar-refractivity contribution in [2.24, 2.45) is 0 Å². The molecule has 1 aliphatic carbocycles. The summed E-state index contributed by atoms with van der Waals surface area (Å²) in [5.41, 5.74) is 0.430. The van der Waals surface area contributed by atoms with Gasteiger partial charge in [0, 0.05) is 6.42 Å². The molecule has 4 heteroatoms. The third kappa shape index (κ3) is 1.20. The fourth-order valence-corrected chi connectivity index (χ4v) is 1.72. The normalized spacial score (nSPS) is 26.0. The summed E-state index contributed by atoms with van der Waals surface area (Å²) in [4.78, 5) is 11.5. The smallest absolute Gasteiger partial charge is 0.195 e. The van der Waals surface area contributed by atoms with Gasteiger partial charge in [-0.1, -0.05) is 12.1 Å². The maximum atomic E-state index is 11.5. The van der Waals surface area contributed by atoms with Gasteiger partial charge in [0.05, 0.1) is 11.7 Å². The minimum absolute atomic E-state index is 0.00468. The highest BCUT2D eigenvalue weighted by Crippen LogP contribution is 2.34. The van der Waals surface area contributed by atoms with Crippen molar-refractivity contribution in [3.8, 4) is 5.75 Å². The molecule has 0 aliphatic heterocycles. The van der Waals surface area contributed by atoms with Crippen LogP contribution in [-0.4, -0.2) is 27.2 Å². The Hall–Kier alpha value is -1.39. The molecule has 0 amide bonds. The van der Waals surface area contributed by atoms with Gasteiger partial charge in [-0.25, -0.2) is 0 Å². The van der Waals surface area contributed by atoms with Gasteiger partial charge in [0.15, 0.2) is 5.78 Å². The van der Waals surface area contributed by atoms with Crippen LogP contribution in [0.3, 0.4) is 0 Å². The van der Waals surface area contributed by atoms with E-state index in [2.05, 4.69) is 0 Å². The lowest BCUT2D eigenvalue weighted by Gasteiger charge is -2.24. The molecule has 0 radical (unpaired) electrons. The van der Waals surface area contributed by atoms with Gasteiger partial charge in [0.2, 0.25) is 0 Å². The minimum atomic E-state index is -1.22. The van der Waals surface area contributed by atoms with Crippen LogP contribution >= 0.6 is 0 Å². The van der Waals surface area contributed by atoms with Crippen molar-refractivity contribution in [1.29, 1.82) is 0 Å². The van der Waals surface area contributed by atoms with Crippen molar-refractivity contribution in [1.82, 2.24) is 0 Å². The second kappa shape index (κ2) is 3.08. The number of ketones is 1. The first-order valence-corrected chi connectivity index (χ1v) is 4.33. The molecule has 0 unspecified atom stereocenters. The molecule has 4 nitrogen and oxygen atoms in total. The Bertz CT molecular complexity index is 386. The van der Waals surface area contributed by atoms with Crippen molar-refractivity contribution in [3.05, 3.63) is 29.3 Å².